The van der Waals surface area contributed by atoms with Gasteiger partial charge in [0.2, 0.25) is 0 Å². The third-order valence-electron chi connectivity index (χ3n) is 23.7. The van der Waals surface area contributed by atoms with Gasteiger partial charge in [-0.2, -0.15) is 9.98 Å². The maximum atomic E-state index is 13.8. The summed E-state index contributed by atoms with van der Waals surface area (Å²) in [5.41, 5.74) is 3.76. The third kappa shape index (κ3) is 36.4. The molecule has 2 aromatic heterocycles. The van der Waals surface area contributed by atoms with Gasteiger partial charge in [0.05, 0.1) is 96.8 Å². The maximum absolute atomic E-state index is 13.8. The number of thiazole rings is 2. The van der Waals surface area contributed by atoms with Gasteiger partial charge in [-0.1, -0.05) is 116 Å². The van der Waals surface area contributed by atoms with Crippen LogP contribution < -0.4 is 37.9 Å². The second kappa shape index (κ2) is 58.7. The summed E-state index contributed by atoms with van der Waals surface area (Å²) in [6, 6.07) is 41.8. The van der Waals surface area contributed by atoms with Gasteiger partial charge in [-0.15, -0.1) is 22.7 Å². The van der Waals surface area contributed by atoms with E-state index in [2.05, 4.69) is 57.2 Å². The normalized spacial score (nSPS) is 15.9. The summed E-state index contributed by atoms with van der Waals surface area (Å²) in [4.78, 5) is 128. The summed E-state index contributed by atoms with van der Waals surface area (Å²) in [5, 5.41) is 34.6. The molecule has 3 aliphatic rings. The number of benzene rings is 7. The smallest absolute Gasteiger partial charge is 0.330 e. The molecule has 0 unspecified atom stereocenters. The Labute approximate surface area is 817 Å². The number of ether oxygens (including phenoxy) is 11. The zero-order valence-corrected chi connectivity index (χ0v) is 80.4. The average molecular weight is 1950 g/mol. The lowest BCUT2D eigenvalue weighted by molar-refractivity contribution is -0.146. The van der Waals surface area contributed by atoms with Crippen molar-refractivity contribution in [2.45, 2.75) is 212 Å². The Morgan fingerprint density at radius 2 is 0.599 bits per heavy atom. The number of aliphatic carboxylic acids is 1. The second-order valence-electron chi connectivity index (χ2n) is 33.6. The van der Waals surface area contributed by atoms with Gasteiger partial charge in [0.15, 0.2) is 11.5 Å². The van der Waals surface area contributed by atoms with E-state index in [1.807, 2.05) is 24.3 Å². The number of aromatic hydroxyl groups is 2. The Kier molecular flexibility index (Phi) is 45.6. The predicted molar refractivity (Wildman–Crippen MR) is 531 cm³/mol. The zero-order valence-electron chi connectivity index (χ0n) is 77.2. The highest BCUT2D eigenvalue weighted by Gasteiger charge is 2.36. The number of aromatic nitrogens is 2. The molecule has 0 saturated heterocycles. The second-order valence-corrected chi connectivity index (χ2v) is 36.0. The van der Waals surface area contributed by atoms with Crippen LogP contribution in [0, 0.1) is 35.5 Å². The summed E-state index contributed by atoms with van der Waals surface area (Å²) in [6.07, 6.45) is 31.1. The molecule has 3 aliphatic carbocycles. The van der Waals surface area contributed by atoms with Crippen LogP contribution in [0.1, 0.15) is 212 Å². The number of aliphatic imine (C=N–C) groups is 2. The standard InChI is InChI=1S/C66H76N2O14S2.C26H36O7.C14H8N2O2S2/c1-3-58(69)77-43-17-13-9-5-7-11-15-41-75-52-31-35-54(36-32-52)79-63(71)47-19-23-49(24-20-47)65(73)81-56-39-40-57(61-60(56)68-62(84-61)46-27-29-51(30-28-46)67-45-83)82-66(74)50-25-21-48(22-26-50)64(72)80-55-37-33-53(34-38-55)76-42-16-12-8-6-10-14-18-44-78-59(70)4-2;1-2-24(27)32-19-9-7-5-3-4-6-8-18-31-22-14-16-23(17-15-22)33-26(30)21-12-10-20(11-13-21)25(28)29;17-10-5-6-11(18)13-12(10)16-14(20-13)8-1-3-9(4-2-8)15-7-19/h3-4,27-40,47-50H,1-2,5-26,41-44H2;2,14-17,20-21H,1,3-13,18-19H2,(H,28,29);1-6,17-18H. The molecule has 7 aromatic carbocycles. The van der Waals surface area contributed by atoms with Crippen molar-refractivity contribution in [3.8, 4) is 78.6 Å². The quantitative estimate of drug-likeness (QED) is 0.00466. The molecule has 27 nitrogen and oxygen atoms in total. The molecule has 0 radical (unpaired) electrons. The molecule has 137 heavy (non-hydrogen) atoms. The number of fused-ring (bicyclic) bond motifs is 2. The first-order chi connectivity index (χ1) is 66.7. The van der Waals surface area contributed by atoms with Crippen LogP contribution in [0.3, 0.4) is 0 Å². The number of hydrogen-bond acceptors (Lipinski definition) is 30. The van der Waals surface area contributed by atoms with Crippen LogP contribution in [0.25, 0.3) is 41.6 Å². The third-order valence-corrected chi connectivity index (χ3v) is 26.1. The van der Waals surface area contributed by atoms with Crippen molar-refractivity contribution < 1.29 is 111 Å². The fourth-order valence-electron chi connectivity index (χ4n) is 15.8. The van der Waals surface area contributed by atoms with Gasteiger partial charge >= 0.3 is 53.7 Å². The SMILES string of the molecule is C=CC(=O)OCCCCCCCCCOc1ccc(OC(=O)C2CCC(C(=O)O)CC2)cc1.C=CC(=O)OCCCCCCCCCOc1ccc(OC(=O)C2CCC(C(=O)Oc3ccc(OC(=O)C4CCC(C(=O)Oc5ccc(OCCCCCCCCCOC(=O)C=C)cc5)CC4)c4sc(-c5ccc(N=C=S)cc5)nc34)CC2)cc1.Oc1ccc(O)c2sc(-c3ccc(N=C=S)cc3)nc12. The van der Waals surface area contributed by atoms with Gasteiger partial charge in [-0.05, 0) is 286 Å². The first kappa shape index (κ1) is 106. The number of nitrogens with zero attached hydrogens (tertiary/aromatic N) is 4. The van der Waals surface area contributed by atoms with Gasteiger partial charge in [0.1, 0.15) is 76.4 Å². The molecule has 3 fully saturated rings. The van der Waals surface area contributed by atoms with Gasteiger partial charge in [0.25, 0.3) is 0 Å². The van der Waals surface area contributed by atoms with Crippen molar-refractivity contribution in [3.05, 3.63) is 184 Å². The molecule has 0 bridgehead atoms. The largest absolute Gasteiger partial charge is 0.506 e. The lowest BCUT2D eigenvalue weighted by Gasteiger charge is -2.26. The highest BCUT2D eigenvalue weighted by Crippen LogP contribution is 2.45. The van der Waals surface area contributed by atoms with Gasteiger partial charge < -0.3 is 67.4 Å². The minimum atomic E-state index is -0.780. The molecule has 726 valence electrons. The Bertz CT molecular complexity index is 5320. The van der Waals surface area contributed by atoms with Crippen molar-refractivity contribution in [3.63, 3.8) is 0 Å². The number of carbonyl (C=O) groups excluding carboxylic acids is 8. The molecule has 3 saturated carbocycles. The van der Waals surface area contributed by atoms with E-state index in [4.69, 9.17) is 74.4 Å². The number of thiocarbonyl (C=S) groups is 2. The lowest BCUT2D eigenvalue weighted by Crippen LogP contribution is -2.30. The van der Waals surface area contributed by atoms with E-state index in [1.54, 1.807) is 109 Å². The molecule has 2 heterocycles. The fourth-order valence-corrected chi connectivity index (χ4v) is 18.1. The molecule has 0 aliphatic heterocycles. The predicted octanol–water partition coefficient (Wildman–Crippen LogP) is 24.4. The number of carbonyl (C=O) groups is 9. The molecule has 0 amide bonds. The van der Waals surface area contributed by atoms with Crippen LogP contribution in [0.5, 0.6) is 57.5 Å². The van der Waals surface area contributed by atoms with Crippen LogP contribution in [0.2, 0.25) is 0 Å². The minimum absolute atomic E-state index is 0.0576. The van der Waals surface area contributed by atoms with Gasteiger partial charge in [-0.3, -0.25) is 28.8 Å². The van der Waals surface area contributed by atoms with E-state index < -0.39 is 29.7 Å². The highest BCUT2D eigenvalue weighted by atomic mass is 32.1. The topological polar surface area (TPSA) is 366 Å². The number of unbranched alkanes of at least 4 members (excludes halogenated alkanes) is 18. The van der Waals surface area contributed by atoms with Crippen LogP contribution in [-0.2, 0) is 57.4 Å². The molecular formula is C106H120N4O23S4. The van der Waals surface area contributed by atoms with E-state index in [9.17, 15) is 53.4 Å². The highest BCUT2D eigenvalue weighted by molar-refractivity contribution is 7.78. The fraction of sp³-hybridized carbons (Fsp3) is 0.425. The van der Waals surface area contributed by atoms with Gasteiger partial charge in [-0.25, -0.2) is 24.4 Å². The number of esters is 8. The van der Waals surface area contributed by atoms with Crippen LogP contribution in [0.15, 0.2) is 194 Å². The molecule has 0 spiro atoms. The maximum Gasteiger partial charge on any atom is 0.330 e. The number of carboxylic acid groups (broad SMARTS) is 1. The summed E-state index contributed by atoms with van der Waals surface area (Å²) in [7, 11) is 0. The van der Waals surface area contributed by atoms with E-state index >= 15 is 0 Å². The Balaban J connectivity index is 0.000000294. The monoisotopic (exact) mass is 1940 g/mol. The first-order valence-corrected chi connectivity index (χ1v) is 49.6. The number of phenolic OH excluding ortho intramolecular Hbond substituents is 2. The minimum Gasteiger partial charge on any atom is -0.506 e. The van der Waals surface area contributed by atoms with E-state index in [1.165, 1.54) is 53.0 Å². The molecule has 12 rings (SSSR count). The van der Waals surface area contributed by atoms with E-state index in [0.717, 1.165) is 162 Å². The molecular weight excluding hydrogens is 1830 g/mol. The molecule has 3 N–H and O–H groups in total. The Morgan fingerprint density at radius 1 is 0.328 bits per heavy atom. The molecule has 31 heteroatoms. The van der Waals surface area contributed by atoms with Crippen molar-refractivity contribution in [2.24, 2.45) is 45.5 Å². The summed E-state index contributed by atoms with van der Waals surface area (Å²) in [6.45, 7) is 13.3. The van der Waals surface area contributed by atoms with Crippen molar-refractivity contribution in [2.75, 3.05) is 39.6 Å². The van der Waals surface area contributed by atoms with Crippen LogP contribution in [-0.4, -0.2) is 129 Å². The van der Waals surface area contributed by atoms with Crippen LogP contribution in [0.4, 0.5) is 11.4 Å². The van der Waals surface area contributed by atoms with Crippen LogP contribution >= 0.6 is 47.1 Å². The Hall–Kier alpha value is -12.6. The average Bonchev–Trinajstić information content (AvgIpc) is 1.64. The number of phenols is 2. The molecule has 9 aromatic rings. The number of carboxylic acids is 1. The summed E-state index contributed by atoms with van der Waals surface area (Å²) < 4.78 is 62.8. The van der Waals surface area contributed by atoms with Gasteiger partial charge in [0, 0.05) is 29.4 Å². The first-order valence-electron chi connectivity index (χ1n) is 47.2. The van der Waals surface area contributed by atoms with Crippen molar-refractivity contribution in [1.82, 2.24) is 9.97 Å². The lowest BCUT2D eigenvalue weighted by atomic mass is 9.82. The summed E-state index contributed by atoms with van der Waals surface area (Å²) >= 11 is 11.9. The van der Waals surface area contributed by atoms with E-state index in [0.29, 0.717) is 177 Å². The number of rotatable bonds is 51. The van der Waals surface area contributed by atoms with Crippen molar-refractivity contribution >= 4 is 143 Å². The van der Waals surface area contributed by atoms with Crippen molar-refractivity contribution in [1.29, 1.82) is 0 Å². The molecule has 0 atom stereocenters. The zero-order chi connectivity index (χ0) is 97.3. The number of isothiocyanates is 2. The Morgan fingerprint density at radius 3 is 0.912 bits per heavy atom. The number of hydrogen-bond donors (Lipinski definition) is 3. The summed E-state index contributed by atoms with van der Waals surface area (Å²) in [5.74, 6) is -1.81. The van der Waals surface area contributed by atoms with E-state index in [-0.39, 0.29) is 82.5 Å².